The Bertz CT molecular complexity index is 321. The minimum Gasteiger partial charge on any atom is -0.330 e. The Morgan fingerprint density at radius 3 is 2.80 bits per heavy atom. The second-order valence-corrected chi connectivity index (χ2v) is 4.89. The van der Waals surface area contributed by atoms with Crippen molar-refractivity contribution < 1.29 is 0 Å². The predicted octanol–water partition coefficient (Wildman–Crippen LogP) is 2.25. The minimum atomic E-state index is 0.725. The fourth-order valence-electron chi connectivity index (χ4n) is 2.52. The number of aromatic nitrogens is 2. The molecule has 2 fully saturated rings. The van der Waals surface area contributed by atoms with Crippen LogP contribution in [-0.2, 0) is 6.54 Å². The van der Waals surface area contributed by atoms with Gasteiger partial charge in [0.1, 0.15) is 0 Å². The van der Waals surface area contributed by atoms with E-state index in [1.54, 1.807) is 0 Å². The van der Waals surface area contributed by atoms with E-state index in [1.165, 1.54) is 44.2 Å². The number of nitrogens with zero attached hydrogens (tertiary/aromatic N) is 2. The number of rotatable bonds is 4. The highest BCUT2D eigenvalue weighted by molar-refractivity contribution is 5.02. The van der Waals surface area contributed by atoms with Gasteiger partial charge < -0.3 is 9.88 Å². The normalized spacial score (nSPS) is 22.4. The van der Waals surface area contributed by atoms with E-state index in [9.17, 15) is 0 Å². The highest BCUT2D eigenvalue weighted by Gasteiger charge is 2.22. The van der Waals surface area contributed by atoms with Crippen molar-refractivity contribution in [3.8, 4) is 0 Å². The highest BCUT2D eigenvalue weighted by atomic mass is 15.1. The molecule has 3 heteroatoms. The van der Waals surface area contributed by atoms with E-state index >= 15 is 0 Å². The first-order chi connectivity index (χ1) is 7.43. The van der Waals surface area contributed by atoms with Crippen LogP contribution in [0.1, 0.15) is 50.3 Å². The van der Waals surface area contributed by atoms with Gasteiger partial charge in [-0.05, 0) is 25.7 Å². The topological polar surface area (TPSA) is 29.9 Å². The summed E-state index contributed by atoms with van der Waals surface area (Å²) in [6, 6.07) is 1.51. The molecule has 0 aromatic carbocycles. The molecule has 3 nitrogen and oxygen atoms in total. The Kier molecular flexibility index (Phi) is 2.49. The third kappa shape index (κ3) is 2.07. The molecule has 1 aromatic heterocycles. The van der Waals surface area contributed by atoms with Crippen LogP contribution in [0, 0.1) is 0 Å². The lowest BCUT2D eigenvalue weighted by atomic mass is 10.2. The van der Waals surface area contributed by atoms with Gasteiger partial charge in [0.05, 0.1) is 12.0 Å². The Balaban J connectivity index is 1.67. The summed E-state index contributed by atoms with van der Waals surface area (Å²) in [7, 11) is 0. The van der Waals surface area contributed by atoms with Crippen LogP contribution in [0.15, 0.2) is 12.5 Å². The summed E-state index contributed by atoms with van der Waals surface area (Å²) in [6.07, 6.45) is 12.2. The second kappa shape index (κ2) is 3.97. The molecule has 82 valence electrons. The molecule has 1 aromatic rings. The van der Waals surface area contributed by atoms with Gasteiger partial charge >= 0.3 is 0 Å². The van der Waals surface area contributed by atoms with E-state index in [0.29, 0.717) is 0 Å². The standard InChI is InChI=1S/C12H19N3/c1-2-4-11(3-1)15-9-13-7-12(15)8-14-10-5-6-10/h7,9-11,14H,1-6,8H2. The van der Waals surface area contributed by atoms with Crippen molar-refractivity contribution in [3.05, 3.63) is 18.2 Å². The zero-order chi connectivity index (χ0) is 10.1. The largest absolute Gasteiger partial charge is 0.330 e. The van der Waals surface area contributed by atoms with Crippen LogP contribution in [-0.4, -0.2) is 15.6 Å². The minimum absolute atomic E-state index is 0.725. The average Bonchev–Trinajstić information content (AvgIpc) is 2.79. The molecule has 0 unspecified atom stereocenters. The number of hydrogen-bond donors (Lipinski definition) is 1. The third-order valence-corrected chi connectivity index (χ3v) is 3.61. The Hall–Kier alpha value is -0.830. The van der Waals surface area contributed by atoms with Gasteiger partial charge in [-0.25, -0.2) is 4.98 Å². The summed E-state index contributed by atoms with van der Waals surface area (Å²) in [4.78, 5) is 4.29. The molecule has 2 saturated carbocycles. The summed E-state index contributed by atoms with van der Waals surface area (Å²) in [5.74, 6) is 0. The van der Waals surface area contributed by atoms with Gasteiger partial charge in [0.25, 0.3) is 0 Å². The van der Waals surface area contributed by atoms with Crippen LogP contribution in [0.3, 0.4) is 0 Å². The molecule has 0 radical (unpaired) electrons. The maximum absolute atomic E-state index is 4.29. The van der Waals surface area contributed by atoms with E-state index < -0.39 is 0 Å². The molecule has 0 aliphatic heterocycles. The SMILES string of the molecule is c1ncn(C2CCCC2)c1CNC1CC1. The van der Waals surface area contributed by atoms with Gasteiger partial charge in [0, 0.05) is 24.8 Å². The quantitative estimate of drug-likeness (QED) is 0.817. The Morgan fingerprint density at radius 2 is 2.07 bits per heavy atom. The van der Waals surface area contributed by atoms with Gasteiger partial charge in [0.15, 0.2) is 0 Å². The molecule has 15 heavy (non-hydrogen) atoms. The smallest absolute Gasteiger partial charge is 0.0951 e. The van der Waals surface area contributed by atoms with Crippen LogP contribution in [0.2, 0.25) is 0 Å². The number of imidazole rings is 1. The van der Waals surface area contributed by atoms with E-state index in [0.717, 1.165) is 18.6 Å². The molecule has 0 amide bonds. The fourth-order valence-corrected chi connectivity index (χ4v) is 2.52. The van der Waals surface area contributed by atoms with Crippen LogP contribution in [0.4, 0.5) is 0 Å². The van der Waals surface area contributed by atoms with Crippen molar-refractivity contribution in [1.29, 1.82) is 0 Å². The fraction of sp³-hybridized carbons (Fsp3) is 0.750. The lowest BCUT2D eigenvalue weighted by Gasteiger charge is -2.15. The molecular weight excluding hydrogens is 186 g/mol. The summed E-state index contributed by atoms with van der Waals surface area (Å²) < 4.78 is 2.39. The van der Waals surface area contributed by atoms with Gasteiger partial charge in [-0.2, -0.15) is 0 Å². The average molecular weight is 205 g/mol. The molecule has 1 heterocycles. The number of hydrogen-bond acceptors (Lipinski definition) is 2. The molecule has 2 aliphatic rings. The number of nitrogens with one attached hydrogen (secondary N) is 1. The monoisotopic (exact) mass is 205 g/mol. The van der Waals surface area contributed by atoms with Gasteiger partial charge in [-0.15, -0.1) is 0 Å². The van der Waals surface area contributed by atoms with Gasteiger partial charge in [0.2, 0.25) is 0 Å². The van der Waals surface area contributed by atoms with Crippen molar-refractivity contribution in [3.63, 3.8) is 0 Å². The lowest BCUT2D eigenvalue weighted by molar-refractivity contribution is 0.489. The van der Waals surface area contributed by atoms with E-state index in [2.05, 4.69) is 14.9 Å². The lowest BCUT2D eigenvalue weighted by Crippen LogP contribution is -2.19. The van der Waals surface area contributed by atoms with Crippen LogP contribution in [0.5, 0.6) is 0 Å². The van der Waals surface area contributed by atoms with E-state index in [1.807, 2.05) is 12.5 Å². The van der Waals surface area contributed by atoms with Crippen molar-refractivity contribution in [2.45, 2.75) is 57.2 Å². The predicted molar refractivity (Wildman–Crippen MR) is 59.6 cm³/mol. The highest BCUT2D eigenvalue weighted by Crippen LogP contribution is 2.30. The van der Waals surface area contributed by atoms with Crippen LogP contribution in [0.25, 0.3) is 0 Å². The van der Waals surface area contributed by atoms with Crippen molar-refractivity contribution in [2.75, 3.05) is 0 Å². The maximum Gasteiger partial charge on any atom is 0.0951 e. The molecule has 1 N–H and O–H groups in total. The molecular formula is C12H19N3. The summed E-state index contributed by atoms with van der Waals surface area (Å²) in [5.41, 5.74) is 1.37. The molecule has 2 aliphatic carbocycles. The van der Waals surface area contributed by atoms with Gasteiger partial charge in [-0.1, -0.05) is 12.8 Å². The van der Waals surface area contributed by atoms with Crippen molar-refractivity contribution >= 4 is 0 Å². The Morgan fingerprint density at radius 1 is 1.27 bits per heavy atom. The first-order valence-corrected chi connectivity index (χ1v) is 6.17. The Labute approximate surface area is 90.9 Å². The first kappa shape index (κ1) is 9.40. The molecule has 3 rings (SSSR count). The third-order valence-electron chi connectivity index (χ3n) is 3.61. The first-order valence-electron chi connectivity index (χ1n) is 6.17. The van der Waals surface area contributed by atoms with Crippen molar-refractivity contribution in [1.82, 2.24) is 14.9 Å². The zero-order valence-corrected chi connectivity index (χ0v) is 9.15. The zero-order valence-electron chi connectivity index (χ0n) is 9.15. The molecule has 0 spiro atoms. The molecule has 0 saturated heterocycles. The molecule has 0 atom stereocenters. The molecule has 0 bridgehead atoms. The summed E-state index contributed by atoms with van der Waals surface area (Å²) in [6.45, 7) is 1.00. The van der Waals surface area contributed by atoms with Crippen LogP contribution < -0.4 is 5.32 Å². The van der Waals surface area contributed by atoms with E-state index in [-0.39, 0.29) is 0 Å². The summed E-state index contributed by atoms with van der Waals surface area (Å²) >= 11 is 0. The van der Waals surface area contributed by atoms with Crippen LogP contribution >= 0.6 is 0 Å². The summed E-state index contributed by atoms with van der Waals surface area (Å²) in [5, 5.41) is 3.56. The van der Waals surface area contributed by atoms with Crippen molar-refractivity contribution in [2.24, 2.45) is 0 Å². The maximum atomic E-state index is 4.29. The second-order valence-electron chi connectivity index (χ2n) is 4.89. The van der Waals surface area contributed by atoms with Gasteiger partial charge in [-0.3, -0.25) is 0 Å². The van der Waals surface area contributed by atoms with E-state index in [4.69, 9.17) is 0 Å².